The van der Waals surface area contributed by atoms with Crippen LogP contribution in [0, 0.1) is 36.8 Å². The van der Waals surface area contributed by atoms with Crippen molar-refractivity contribution in [3.05, 3.63) is 32.9 Å². The lowest BCUT2D eigenvalue weighted by Gasteiger charge is -2.35. The first-order valence-corrected chi connectivity index (χ1v) is 12.9. The lowest BCUT2D eigenvalue weighted by molar-refractivity contribution is -0.769. The predicted molar refractivity (Wildman–Crippen MR) is 141 cm³/mol. The van der Waals surface area contributed by atoms with Gasteiger partial charge >= 0.3 is 12.0 Å². The highest BCUT2D eigenvalue weighted by molar-refractivity contribution is 5.74. The number of aryl methyl sites for hydroxylation is 1. The van der Waals surface area contributed by atoms with Crippen molar-refractivity contribution in [3.63, 3.8) is 0 Å². The SMILES string of the molecule is CC(=O)Oc1c(C)cc(OCC(O)CNC(C)(C)CNC(=O)N2CCC(C(C)O[N+](=O)[O-])CC2)c(C)c1C. The highest BCUT2D eigenvalue weighted by Gasteiger charge is 2.29. The van der Waals surface area contributed by atoms with Crippen molar-refractivity contribution in [1.82, 2.24) is 15.5 Å². The van der Waals surface area contributed by atoms with E-state index in [1.54, 1.807) is 17.9 Å². The van der Waals surface area contributed by atoms with E-state index in [1.807, 2.05) is 34.6 Å². The van der Waals surface area contributed by atoms with Gasteiger partial charge in [0.1, 0.15) is 30.3 Å². The van der Waals surface area contributed by atoms with Crippen LogP contribution in [-0.4, -0.2) is 77.6 Å². The number of nitrogens with one attached hydrogen (secondary N) is 2. The number of piperidine rings is 1. The Morgan fingerprint density at radius 3 is 2.45 bits per heavy atom. The molecule has 2 unspecified atom stereocenters. The average molecular weight is 539 g/mol. The minimum Gasteiger partial charge on any atom is -0.491 e. The fraction of sp³-hybridized carbons (Fsp3) is 0.692. The van der Waals surface area contributed by atoms with Crippen LogP contribution in [0.1, 0.15) is 57.2 Å². The third-order valence-corrected chi connectivity index (χ3v) is 6.90. The molecule has 3 N–H and O–H groups in total. The molecular weight excluding hydrogens is 496 g/mol. The van der Waals surface area contributed by atoms with Gasteiger partial charge in [0.05, 0.1) is 0 Å². The molecule has 1 aliphatic heterocycles. The second kappa shape index (κ2) is 13.6. The molecule has 0 aliphatic carbocycles. The van der Waals surface area contributed by atoms with Crippen molar-refractivity contribution in [1.29, 1.82) is 0 Å². The molecule has 38 heavy (non-hydrogen) atoms. The number of benzene rings is 1. The lowest BCUT2D eigenvalue weighted by atomic mass is 9.92. The number of hydrogen-bond donors (Lipinski definition) is 3. The predicted octanol–water partition coefficient (Wildman–Crippen LogP) is 2.66. The largest absolute Gasteiger partial charge is 0.491 e. The van der Waals surface area contributed by atoms with E-state index in [9.17, 15) is 24.8 Å². The molecular formula is C26H42N4O8. The van der Waals surface area contributed by atoms with Crippen LogP contribution >= 0.6 is 0 Å². The molecule has 12 heteroatoms. The summed E-state index contributed by atoms with van der Waals surface area (Å²) in [4.78, 5) is 40.9. The van der Waals surface area contributed by atoms with Gasteiger partial charge in [-0.2, -0.15) is 0 Å². The zero-order valence-corrected chi connectivity index (χ0v) is 23.5. The molecule has 2 amide bonds. The van der Waals surface area contributed by atoms with Gasteiger partial charge in [-0.25, -0.2) is 4.79 Å². The second-order valence-electron chi connectivity index (χ2n) is 10.6. The van der Waals surface area contributed by atoms with Gasteiger partial charge in [0.25, 0.3) is 5.09 Å². The van der Waals surface area contributed by atoms with Crippen molar-refractivity contribution in [2.75, 3.05) is 32.8 Å². The number of β-amino-alcohol motifs (C(OH)–C–C–N with tert-alkyl or cyclic N) is 1. The minimum absolute atomic E-state index is 0.0368. The Labute approximate surface area is 224 Å². The highest BCUT2D eigenvalue weighted by Crippen LogP contribution is 2.33. The first-order valence-electron chi connectivity index (χ1n) is 12.9. The number of carbonyl (C=O) groups excluding carboxylic acids is 2. The Balaban J connectivity index is 1.77. The van der Waals surface area contributed by atoms with Gasteiger partial charge < -0.3 is 35.0 Å². The normalized spacial score (nSPS) is 15.9. The molecule has 1 heterocycles. The number of aliphatic hydroxyl groups excluding tert-OH is 1. The van der Waals surface area contributed by atoms with E-state index in [4.69, 9.17) is 9.47 Å². The standard InChI is InChI=1S/C26H42N4O8/c1-16-12-23(17(2)18(3)24(16)37-20(5)31)36-14-22(32)13-28-26(6,7)15-27-25(33)29-10-8-21(9-11-29)19(4)38-30(34)35/h12,19,21-22,28,32H,8-11,13-15H2,1-7H3,(H,27,33). The third-order valence-electron chi connectivity index (χ3n) is 6.90. The second-order valence-corrected chi connectivity index (χ2v) is 10.6. The van der Waals surface area contributed by atoms with E-state index in [1.165, 1.54) is 6.92 Å². The van der Waals surface area contributed by atoms with E-state index >= 15 is 0 Å². The van der Waals surface area contributed by atoms with E-state index in [0.29, 0.717) is 44.0 Å². The van der Waals surface area contributed by atoms with Crippen molar-refractivity contribution in [2.45, 2.75) is 79.1 Å². The van der Waals surface area contributed by atoms with Crippen LogP contribution in [0.15, 0.2) is 6.07 Å². The van der Waals surface area contributed by atoms with E-state index in [2.05, 4.69) is 15.5 Å². The van der Waals surface area contributed by atoms with E-state index in [0.717, 1.165) is 16.7 Å². The summed E-state index contributed by atoms with van der Waals surface area (Å²) in [6.45, 7) is 14.1. The molecule has 0 aromatic heterocycles. The lowest BCUT2D eigenvalue weighted by Crippen LogP contribution is -2.54. The Morgan fingerprint density at radius 2 is 1.87 bits per heavy atom. The molecule has 2 rings (SSSR count). The zero-order valence-electron chi connectivity index (χ0n) is 23.5. The van der Waals surface area contributed by atoms with Gasteiger partial charge in [-0.3, -0.25) is 4.79 Å². The number of rotatable bonds is 12. The number of aliphatic hydroxyl groups is 1. The van der Waals surface area contributed by atoms with E-state index < -0.39 is 22.8 Å². The van der Waals surface area contributed by atoms with Crippen LogP contribution in [0.2, 0.25) is 0 Å². The molecule has 1 fully saturated rings. The Bertz CT molecular complexity index is 992. The number of ether oxygens (including phenoxy) is 2. The summed E-state index contributed by atoms with van der Waals surface area (Å²) in [7, 11) is 0. The first-order chi connectivity index (χ1) is 17.7. The van der Waals surface area contributed by atoms with Crippen LogP contribution < -0.4 is 20.1 Å². The molecule has 0 saturated carbocycles. The maximum absolute atomic E-state index is 12.6. The monoisotopic (exact) mass is 538 g/mol. The molecule has 1 aromatic rings. The van der Waals surface area contributed by atoms with Crippen molar-refractivity contribution in [2.24, 2.45) is 5.92 Å². The number of hydrogen-bond acceptors (Lipinski definition) is 9. The molecule has 0 spiro atoms. The molecule has 2 atom stereocenters. The Morgan fingerprint density at radius 1 is 1.24 bits per heavy atom. The van der Waals surface area contributed by atoms with Gasteiger partial charge in [0, 0.05) is 38.6 Å². The summed E-state index contributed by atoms with van der Waals surface area (Å²) in [5.41, 5.74) is 1.92. The minimum atomic E-state index is -0.791. The van der Waals surface area contributed by atoms with Crippen LogP contribution in [0.5, 0.6) is 11.5 Å². The Kier molecular flexibility index (Phi) is 11.1. The Hall–Kier alpha value is -3.12. The zero-order chi connectivity index (χ0) is 28.6. The molecule has 1 saturated heterocycles. The van der Waals surface area contributed by atoms with Crippen LogP contribution in [0.25, 0.3) is 0 Å². The van der Waals surface area contributed by atoms with Crippen LogP contribution in [0.3, 0.4) is 0 Å². The third kappa shape index (κ3) is 9.32. The molecule has 214 valence electrons. The fourth-order valence-corrected chi connectivity index (χ4v) is 4.38. The van der Waals surface area contributed by atoms with Gasteiger partial charge in [-0.05, 0) is 83.1 Å². The molecule has 12 nitrogen and oxygen atoms in total. The summed E-state index contributed by atoms with van der Waals surface area (Å²) >= 11 is 0. The number of nitrogens with zero attached hydrogens (tertiary/aromatic N) is 2. The molecule has 0 bridgehead atoms. The number of amides is 2. The van der Waals surface area contributed by atoms with E-state index in [-0.39, 0.29) is 31.1 Å². The van der Waals surface area contributed by atoms with Gasteiger partial charge in [-0.15, -0.1) is 10.1 Å². The fourth-order valence-electron chi connectivity index (χ4n) is 4.38. The summed E-state index contributed by atoms with van der Waals surface area (Å²) in [5, 5.41) is 26.4. The summed E-state index contributed by atoms with van der Waals surface area (Å²) in [5.74, 6) is 0.791. The molecule has 1 aliphatic rings. The maximum Gasteiger partial charge on any atom is 0.317 e. The quantitative estimate of drug-likeness (QED) is 0.158. The summed E-state index contributed by atoms with van der Waals surface area (Å²) in [6.07, 6.45) is -0.00549. The van der Waals surface area contributed by atoms with Crippen molar-refractivity contribution >= 4 is 12.0 Å². The van der Waals surface area contributed by atoms with Crippen LogP contribution in [-0.2, 0) is 9.63 Å². The topological polar surface area (TPSA) is 153 Å². The maximum atomic E-state index is 12.6. The molecule has 0 radical (unpaired) electrons. The van der Waals surface area contributed by atoms with Crippen LogP contribution in [0.4, 0.5) is 4.79 Å². The van der Waals surface area contributed by atoms with Crippen molar-refractivity contribution < 1.29 is 34.1 Å². The number of carbonyl (C=O) groups is 2. The summed E-state index contributed by atoms with van der Waals surface area (Å²) in [6, 6.07) is 1.60. The number of esters is 1. The smallest absolute Gasteiger partial charge is 0.317 e. The number of likely N-dealkylation sites (tertiary alicyclic amines) is 1. The van der Waals surface area contributed by atoms with Gasteiger partial charge in [-0.1, -0.05) is 0 Å². The average Bonchev–Trinajstić information content (AvgIpc) is 2.85. The van der Waals surface area contributed by atoms with Gasteiger partial charge in [0.15, 0.2) is 0 Å². The first kappa shape index (κ1) is 31.1. The van der Waals surface area contributed by atoms with Gasteiger partial charge in [0.2, 0.25) is 0 Å². The molecule has 1 aromatic carbocycles. The highest BCUT2D eigenvalue weighted by atomic mass is 17.0. The van der Waals surface area contributed by atoms with Crippen molar-refractivity contribution in [3.8, 4) is 11.5 Å². The summed E-state index contributed by atoms with van der Waals surface area (Å²) < 4.78 is 11.2. The number of urea groups is 1.